The van der Waals surface area contributed by atoms with Gasteiger partial charge in [-0.05, 0) is 13.8 Å². The third kappa shape index (κ3) is 3.12. The molecule has 0 amide bonds. The van der Waals surface area contributed by atoms with Crippen LogP contribution in [0.2, 0.25) is 0 Å². The molecule has 0 radical (unpaired) electrons. The normalized spacial score (nSPS) is 11.9. The molecule has 1 heterocycles. The summed E-state index contributed by atoms with van der Waals surface area (Å²) in [5.74, 6) is -0.995. The standard InChI is InChI=1S/C10H14F2N2O2S/c1-10(2,8(15)16)6-5-17-9(13-6)14(3)4-7(11)12/h5,7H,4H2,1-3H3,(H,15,16). The molecule has 0 bridgehead atoms. The number of hydrogen-bond acceptors (Lipinski definition) is 4. The van der Waals surface area contributed by atoms with Crippen LogP contribution in [-0.4, -0.2) is 36.1 Å². The molecule has 17 heavy (non-hydrogen) atoms. The lowest BCUT2D eigenvalue weighted by atomic mass is 9.90. The molecule has 1 aromatic heterocycles. The Morgan fingerprint density at radius 3 is 2.71 bits per heavy atom. The first-order valence-corrected chi connectivity index (χ1v) is 5.81. The molecule has 0 aliphatic heterocycles. The van der Waals surface area contributed by atoms with Gasteiger partial charge in [0.05, 0.1) is 12.2 Å². The smallest absolute Gasteiger partial charge is 0.315 e. The van der Waals surface area contributed by atoms with Crippen molar-refractivity contribution in [3.05, 3.63) is 11.1 Å². The minimum atomic E-state index is -2.44. The lowest BCUT2D eigenvalue weighted by Crippen LogP contribution is -2.29. The summed E-state index contributed by atoms with van der Waals surface area (Å²) in [6, 6.07) is 0. The van der Waals surface area contributed by atoms with Gasteiger partial charge in [0, 0.05) is 12.4 Å². The van der Waals surface area contributed by atoms with E-state index in [9.17, 15) is 13.6 Å². The molecular formula is C10H14F2N2O2S. The van der Waals surface area contributed by atoms with E-state index in [2.05, 4.69) is 4.98 Å². The van der Waals surface area contributed by atoms with Crippen LogP contribution in [0.15, 0.2) is 5.38 Å². The van der Waals surface area contributed by atoms with Crippen LogP contribution in [0.1, 0.15) is 19.5 Å². The van der Waals surface area contributed by atoms with Crippen LogP contribution < -0.4 is 4.90 Å². The van der Waals surface area contributed by atoms with Crippen molar-refractivity contribution >= 4 is 22.4 Å². The van der Waals surface area contributed by atoms with Gasteiger partial charge in [-0.3, -0.25) is 4.79 Å². The number of thiazole rings is 1. The van der Waals surface area contributed by atoms with Gasteiger partial charge in [0.2, 0.25) is 0 Å². The molecule has 0 aliphatic rings. The molecule has 0 saturated heterocycles. The SMILES string of the molecule is CN(CC(F)F)c1nc(C(C)(C)C(=O)O)cs1. The van der Waals surface area contributed by atoms with Gasteiger partial charge in [-0.25, -0.2) is 13.8 Å². The number of aromatic nitrogens is 1. The molecule has 0 atom stereocenters. The quantitative estimate of drug-likeness (QED) is 0.886. The molecule has 1 rings (SSSR count). The summed E-state index contributed by atoms with van der Waals surface area (Å²) >= 11 is 1.16. The molecule has 0 spiro atoms. The predicted molar refractivity (Wildman–Crippen MR) is 62.0 cm³/mol. The second-order valence-electron chi connectivity index (χ2n) is 4.22. The maximum absolute atomic E-state index is 12.2. The van der Waals surface area contributed by atoms with Crippen molar-refractivity contribution in [3.8, 4) is 0 Å². The molecule has 1 N–H and O–H groups in total. The number of rotatable bonds is 5. The number of carboxylic acids is 1. The zero-order valence-electron chi connectivity index (χ0n) is 9.78. The molecule has 0 saturated carbocycles. The van der Waals surface area contributed by atoms with E-state index < -0.39 is 24.4 Å². The molecule has 96 valence electrons. The summed E-state index contributed by atoms with van der Waals surface area (Å²) in [6.45, 7) is 2.64. The first-order chi connectivity index (χ1) is 7.75. The number of halogens is 2. The average Bonchev–Trinajstić information content (AvgIpc) is 2.65. The Labute approximate surface area is 102 Å². The Bertz CT molecular complexity index is 407. The first kappa shape index (κ1) is 13.8. The van der Waals surface area contributed by atoms with E-state index >= 15 is 0 Å². The number of alkyl halides is 2. The highest BCUT2D eigenvalue weighted by Crippen LogP contribution is 2.28. The molecule has 0 aromatic carbocycles. The van der Waals surface area contributed by atoms with Gasteiger partial charge < -0.3 is 10.0 Å². The summed E-state index contributed by atoms with van der Waals surface area (Å²) in [5, 5.41) is 11.0. The molecule has 7 heteroatoms. The Kier molecular flexibility index (Phi) is 4.03. The van der Waals surface area contributed by atoms with E-state index in [0.29, 0.717) is 10.8 Å². The molecular weight excluding hydrogens is 250 g/mol. The number of carboxylic acid groups (broad SMARTS) is 1. The van der Waals surface area contributed by atoms with Crippen molar-refractivity contribution in [1.29, 1.82) is 0 Å². The summed E-state index contributed by atoms with van der Waals surface area (Å²) in [6.07, 6.45) is -2.44. The van der Waals surface area contributed by atoms with E-state index in [4.69, 9.17) is 5.11 Å². The van der Waals surface area contributed by atoms with Crippen LogP contribution in [0.25, 0.3) is 0 Å². The first-order valence-electron chi connectivity index (χ1n) is 4.94. The zero-order chi connectivity index (χ0) is 13.2. The number of carbonyl (C=O) groups is 1. The Morgan fingerprint density at radius 2 is 2.24 bits per heavy atom. The van der Waals surface area contributed by atoms with Crippen molar-refractivity contribution in [1.82, 2.24) is 4.98 Å². The number of hydrogen-bond donors (Lipinski definition) is 1. The van der Waals surface area contributed by atoms with Crippen molar-refractivity contribution in [2.75, 3.05) is 18.5 Å². The highest BCUT2D eigenvalue weighted by molar-refractivity contribution is 7.13. The number of anilines is 1. The highest BCUT2D eigenvalue weighted by Gasteiger charge is 2.32. The van der Waals surface area contributed by atoms with Gasteiger partial charge in [0.1, 0.15) is 5.41 Å². The predicted octanol–water partition coefficient (Wildman–Crippen LogP) is 2.21. The van der Waals surface area contributed by atoms with Gasteiger partial charge in [-0.15, -0.1) is 11.3 Å². The largest absolute Gasteiger partial charge is 0.481 e. The Hall–Kier alpha value is -1.24. The number of nitrogens with zero attached hydrogens (tertiary/aromatic N) is 2. The topological polar surface area (TPSA) is 53.4 Å². The summed E-state index contributed by atoms with van der Waals surface area (Å²) in [5.41, 5.74) is -0.730. The lowest BCUT2D eigenvalue weighted by molar-refractivity contribution is -0.142. The summed E-state index contributed by atoms with van der Waals surface area (Å²) in [4.78, 5) is 16.4. The van der Waals surface area contributed by atoms with Crippen molar-refractivity contribution in [2.45, 2.75) is 25.7 Å². The minimum absolute atomic E-state index is 0.381. The van der Waals surface area contributed by atoms with Crippen LogP contribution in [0.5, 0.6) is 0 Å². The maximum atomic E-state index is 12.2. The van der Waals surface area contributed by atoms with Crippen molar-refractivity contribution in [3.63, 3.8) is 0 Å². The van der Waals surface area contributed by atoms with E-state index in [1.54, 1.807) is 5.38 Å². The van der Waals surface area contributed by atoms with Gasteiger partial charge in [-0.1, -0.05) is 0 Å². The highest BCUT2D eigenvalue weighted by atomic mass is 32.1. The fraction of sp³-hybridized carbons (Fsp3) is 0.600. The molecule has 0 unspecified atom stereocenters. The van der Waals surface area contributed by atoms with Gasteiger partial charge in [0.25, 0.3) is 6.43 Å². The molecule has 0 aliphatic carbocycles. The van der Waals surface area contributed by atoms with Crippen LogP contribution in [-0.2, 0) is 10.2 Å². The van der Waals surface area contributed by atoms with Crippen LogP contribution >= 0.6 is 11.3 Å². The molecule has 1 aromatic rings. The van der Waals surface area contributed by atoms with Crippen LogP contribution in [0, 0.1) is 0 Å². The van der Waals surface area contributed by atoms with E-state index in [1.807, 2.05) is 0 Å². The Balaban J connectivity index is 2.88. The third-order valence-corrected chi connectivity index (χ3v) is 3.36. The fourth-order valence-corrected chi connectivity index (χ4v) is 2.09. The van der Waals surface area contributed by atoms with Crippen molar-refractivity contribution < 1.29 is 18.7 Å². The average molecular weight is 264 g/mol. The van der Waals surface area contributed by atoms with Crippen LogP contribution in [0.3, 0.4) is 0 Å². The minimum Gasteiger partial charge on any atom is -0.481 e. The maximum Gasteiger partial charge on any atom is 0.315 e. The van der Waals surface area contributed by atoms with E-state index in [-0.39, 0.29) is 0 Å². The summed E-state index contributed by atoms with van der Waals surface area (Å²) < 4.78 is 24.4. The fourth-order valence-electron chi connectivity index (χ4n) is 1.12. The van der Waals surface area contributed by atoms with E-state index in [1.165, 1.54) is 25.8 Å². The van der Waals surface area contributed by atoms with Crippen LogP contribution in [0.4, 0.5) is 13.9 Å². The Morgan fingerprint density at radius 1 is 1.65 bits per heavy atom. The second kappa shape index (κ2) is 4.95. The molecule has 4 nitrogen and oxygen atoms in total. The zero-order valence-corrected chi connectivity index (χ0v) is 10.6. The van der Waals surface area contributed by atoms with Gasteiger partial charge in [0.15, 0.2) is 5.13 Å². The third-order valence-electron chi connectivity index (χ3n) is 2.41. The molecule has 0 fully saturated rings. The van der Waals surface area contributed by atoms with Gasteiger partial charge >= 0.3 is 5.97 Å². The second-order valence-corrected chi connectivity index (χ2v) is 5.05. The van der Waals surface area contributed by atoms with E-state index in [0.717, 1.165) is 11.3 Å². The van der Waals surface area contributed by atoms with Crippen molar-refractivity contribution in [2.24, 2.45) is 0 Å². The van der Waals surface area contributed by atoms with Gasteiger partial charge in [-0.2, -0.15) is 0 Å². The number of aliphatic carboxylic acids is 1. The monoisotopic (exact) mass is 264 g/mol. The lowest BCUT2D eigenvalue weighted by Gasteiger charge is -2.17. The summed E-state index contributed by atoms with van der Waals surface area (Å²) in [7, 11) is 1.50.